The summed E-state index contributed by atoms with van der Waals surface area (Å²) in [4.78, 5) is 36.9. The summed E-state index contributed by atoms with van der Waals surface area (Å²) < 4.78 is 28.2. The average molecular weight is 493 g/mol. The molecule has 0 bridgehead atoms. The Kier molecular flexibility index (Phi) is 13.0. The van der Waals surface area contributed by atoms with Crippen LogP contribution in [0.3, 0.4) is 0 Å². The van der Waals surface area contributed by atoms with Crippen LogP contribution in [0.4, 0.5) is 0 Å². The zero-order valence-electron chi connectivity index (χ0n) is 20.3. The molecule has 1 aliphatic rings. The maximum atomic E-state index is 13.2. The summed E-state index contributed by atoms with van der Waals surface area (Å²) in [5.41, 5.74) is 3.97. The predicted octanol–water partition coefficient (Wildman–Crippen LogP) is 1.77. The molecule has 0 fully saturated rings. The van der Waals surface area contributed by atoms with E-state index in [-0.39, 0.29) is 43.7 Å². The number of benzene rings is 1. The number of rotatable bonds is 10. The maximum absolute atomic E-state index is 13.2. The second-order valence-corrected chi connectivity index (χ2v) is 8.08. The Hall–Kier alpha value is -2.79. The first kappa shape index (κ1) is 28.4. The van der Waals surface area contributed by atoms with Crippen molar-refractivity contribution in [3.05, 3.63) is 36.4 Å². The third kappa shape index (κ3) is 10.2. The van der Waals surface area contributed by atoms with E-state index in [0.29, 0.717) is 63.4 Å². The largest absolute Gasteiger partial charge is 0.487 e. The predicted molar refractivity (Wildman–Crippen MR) is 128 cm³/mol. The number of carbonyl (C=O) groups is 3. The smallest absolute Gasteiger partial charge is 0.260 e. The zero-order chi connectivity index (χ0) is 25.4. The lowest BCUT2D eigenvalue weighted by molar-refractivity contribution is -0.147. The minimum absolute atomic E-state index is 0.133. The number of hydrazine groups is 1. The van der Waals surface area contributed by atoms with Crippen LogP contribution in [-0.2, 0) is 28.6 Å². The number of para-hydroxylation sites is 2. The quantitative estimate of drug-likeness (QED) is 0.165. The fourth-order valence-electron chi connectivity index (χ4n) is 3.15. The summed E-state index contributed by atoms with van der Waals surface area (Å²) in [5.74, 6) is 0.0422. The third-order valence-corrected chi connectivity index (χ3v) is 5.14. The number of carbonyl (C=O) groups excluding carboxylic acids is 3. The first-order valence-corrected chi connectivity index (χ1v) is 11.8. The SMILES string of the molecule is C=C(C)C(=O)NNCCCCCC(=O)C1(C=O)COCCOCCOCCOc2ccccc2O1. The molecule has 0 saturated heterocycles. The molecule has 1 amide bonds. The molecule has 10 heteroatoms. The van der Waals surface area contributed by atoms with E-state index in [1.807, 2.05) is 0 Å². The summed E-state index contributed by atoms with van der Waals surface area (Å²) in [5, 5.41) is 0. The normalized spacial score (nSPS) is 19.6. The summed E-state index contributed by atoms with van der Waals surface area (Å²) in [6, 6.07) is 6.87. The minimum atomic E-state index is -1.80. The van der Waals surface area contributed by atoms with Gasteiger partial charge in [-0.2, -0.15) is 0 Å². The van der Waals surface area contributed by atoms with Crippen LogP contribution < -0.4 is 20.3 Å². The van der Waals surface area contributed by atoms with E-state index in [2.05, 4.69) is 17.4 Å². The third-order valence-electron chi connectivity index (χ3n) is 5.14. The molecule has 1 unspecified atom stereocenters. The molecule has 0 spiro atoms. The van der Waals surface area contributed by atoms with Crippen molar-refractivity contribution in [2.75, 3.05) is 52.8 Å². The highest BCUT2D eigenvalue weighted by Crippen LogP contribution is 2.31. The van der Waals surface area contributed by atoms with Crippen molar-refractivity contribution in [2.24, 2.45) is 0 Å². The van der Waals surface area contributed by atoms with Gasteiger partial charge >= 0.3 is 0 Å². The van der Waals surface area contributed by atoms with Crippen LogP contribution in [0.15, 0.2) is 36.4 Å². The topological polar surface area (TPSA) is 121 Å². The Balaban J connectivity index is 1.99. The molecule has 0 saturated carbocycles. The van der Waals surface area contributed by atoms with Crippen LogP contribution >= 0.6 is 0 Å². The van der Waals surface area contributed by atoms with E-state index >= 15 is 0 Å². The van der Waals surface area contributed by atoms with Gasteiger partial charge in [-0.05, 0) is 31.9 Å². The van der Waals surface area contributed by atoms with Gasteiger partial charge in [-0.3, -0.25) is 19.8 Å². The first-order valence-electron chi connectivity index (χ1n) is 11.8. The number of nitrogens with one attached hydrogen (secondary N) is 2. The highest BCUT2D eigenvalue weighted by Gasteiger charge is 2.41. The molecule has 1 heterocycles. The molecule has 1 aliphatic heterocycles. The molecule has 194 valence electrons. The first-order chi connectivity index (χ1) is 17.0. The highest BCUT2D eigenvalue weighted by molar-refractivity contribution is 6.02. The van der Waals surface area contributed by atoms with Gasteiger partial charge in [-0.15, -0.1) is 0 Å². The van der Waals surface area contributed by atoms with Crippen molar-refractivity contribution in [1.29, 1.82) is 0 Å². The Morgan fingerprint density at radius 2 is 1.63 bits per heavy atom. The van der Waals surface area contributed by atoms with Crippen LogP contribution in [0.5, 0.6) is 11.5 Å². The molecule has 1 aromatic carbocycles. The molecule has 0 aliphatic carbocycles. The molecule has 10 nitrogen and oxygen atoms in total. The van der Waals surface area contributed by atoms with E-state index in [4.69, 9.17) is 23.7 Å². The van der Waals surface area contributed by atoms with Gasteiger partial charge in [0.25, 0.3) is 5.91 Å². The molecule has 2 N–H and O–H groups in total. The lowest BCUT2D eigenvalue weighted by atomic mass is 9.95. The minimum Gasteiger partial charge on any atom is -0.487 e. The summed E-state index contributed by atoms with van der Waals surface area (Å²) in [7, 11) is 0. The van der Waals surface area contributed by atoms with Gasteiger partial charge in [0.15, 0.2) is 23.6 Å². The number of amides is 1. The van der Waals surface area contributed by atoms with E-state index in [9.17, 15) is 14.4 Å². The standard InChI is InChI=1S/C25H36N2O8/c1-20(2)24(30)27-26-11-7-3-4-10-23(29)25(18-28)19-33-15-14-31-12-13-32-16-17-34-21-8-5-6-9-22(21)35-25/h5-6,8-9,18,26H,1,3-4,7,10-17,19H2,2H3,(H,27,30). The van der Waals surface area contributed by atoms with Crippen LogP contribution in [-0.4, -0.2) is 76.4 Å². The van der Waals surface area contributed by atoms with Crippen LogP contribution in [0.1, 0.15) is 32.6 Å². The number of Topliss-reactive ketones (excluding diaryl/α,β-unsaturated/α-hetero) is 1. The van der Waals surface area contributed by atoms with Crippen LogP contribution in [0.2, 0.25) is 0 Å². The van der Waals surface area contributed by atoms with Crippen molar-refractivity contribution < 1.29 is 38.1 Å². The number of hydrogen-bond donors (Lipinski definition) is 2. The Labute approximate surface area is 206 Å². The molecule has 1 atom stereocenters. The summed E-state index contributed by atoms with van der Waals surface area (Å²) in [6.45, 7) is 7.45. The van der Waals surface area contributed by atoms with Crippen molar-refractivity contribution >= 4 is 18.0 Å². The fraction of sp³-hybridized carbons (Fsp3) is 0.560. The summed E-state index contributed by atoms with van der Waals surface area (Å²) >= 11 is 0. The molecular weight excluding hydrogens is 456 g/mol. The monoisotopic (exact) mass is 492 g/mol. The number of aldehydes is 1. The Bertz CT molecular complexity index is 831. The van der Waals surface area contributed by atoms with E-state index in [1.165, 1.54) is 0 Å². The highest BCUT2D eigenvalue weighted by atomic mass is 16.6. The molecule has 2 rings (SSSR count). The Morgan fingerprint density at radius 3 is 2.31 bits per heavy atom. The van der Waals surface area contributed by atoms with Crippen molar-refractivity contribution in [2.45, 2.75) is 38.2 Å². The van der Waals surface area contributed by atoms with Gasteiger partial charge in [0.1, 0.15) is 13.2 Å². The molecule has 1 aromatic rings. The number of ether oxygens (including phenoxy) is 5. The number of fused-ring (bicyclic) bond motifs is 1. The number of unbranched alkanes of at least 4 members (excludes halogenated alkanes) is 2. The fourth-order valence-corrected chi connectivity index (χ4v) is 3.15. The lowest BCUT2D eigenvalue weighted by Crippen LogP contribution is -2.50. The Morgan fingerprint density at radius 1 is 0.971 bits per heavy atom. The molecule has 0 radical (unpaired) electrons. The van der Waals surface area contributed by atoms with Gasteiger partial charge in [-0.1, -0.05) is 25.1 Å². The molecule has 35 heavy (non-hydrogen) atoms. The van der Waals surface area contributed by atoms with Crippen LogP contribution in [0, 0.1) is 0 Å². The van der Waals surface area contributed by atoms with E-state index in [0.717, 1.165) is 6.42 Å². The lowest BCUT2D eigenvalue weighted by Gasteiger charge is -2.28. The summed E-state index contributed by atoms with van der Waals surface area (Å²) in [6.07, 6.45) is 2.62. The van der Waals surface area contributed by atoms with Gasteiger partial charge in [-0.25, -0.2) is 5.43 Å². The van der Waals surface area contributed by atoms with E-state index in [1.54, 1.807) is 31.2 Å². The van der Waals surface area contributed by atoms with Gasteiger partial charge in [0, 0.05) is 18.5 Å². The van der Waals surface area contributed by atoms with Crippen molar-refractivity contribution in [3.8, 4) is 11.5 Å². The molecular formula is C25H36N2O8. The van der Waals surface area contributed by atoms with Crippen LogP contribution in [0.25, 0.3) is 0 Å². The maximum Gasteiger partial charge on any atom is 0.260 e. The van der Waals surface area contributed by atoms with Gasteiger partial charge in [0.2, 0.25) is 5.60 Å². The van der Waals surface area contributed by atoms with Crippen molar-refractivity contribution in [3.63, 3.8) is 0 Å². The number of ketones is 1. The van der Waals surface area contributed by atoms with Crippen molar-refractivity contribution in [1.82, 2.24) is 10.9 Å². The van der Waals surface area contributed by atoms with Gasteiger partial charge in [0.05, 0.1) is 33.0 Å². The average Bonchev–Trinajstić information content (AvgIpc) is 2.86. The second kappa shape index (κ2) is 16.0. The number of hydrogen-bond acceptors (Lipinski definition) is 9. The molecule has 0 aromatic heterocycles. The second-order valence-electron chi connectivity index (χ2n) is 8.08. The van der Waals surface area contributed by atoms with Gasteiger partial charge < -0.3 is 23.7 Å². The zero-order valence-corrected chi connectivity index (χ0v) is 20.3. The van der Waals surface area contributed by atoms with E-state index < -0.39 is 5.60 Å².